The minimum Gasteiger partial charge on any atom is -0.481 e. The van der Waals surface area contributed by atoms with E-state index in [0.29, 0.717) is 0 Å². The van der Waals surface area contributed by atoms with Crippen molar-refractivity contribution >= 4 is 22.8 Å². The van der Waals surface area contributed by atoms with Gasteiger partial charge in [-0.2, -0.15) is 0 Å². The molecule has 1 N–H and O–H groups in total. The zero-order valence-electron chi connectivity index (χ0n) is 11.2. The second kappa shape index (κ2) is 5.70. The number of hydrogen-bond acceptors (Lipinski definition) is 1. The number of carboxylic acid groups (broad SMARTS) is 1. The molecule has 2 heteroatoms. The minimum atomic E-state index is -0.771. The molecule has 0 aliphatic rings. The smallest absolute Gasteiger partial charge is 0.310 e. The summed E-state index contributed by atoms with van der Waals surface area (Å²) in [7, 11) is 0. The Hall–Kier alpha value is -2.09. The van der Waals surface area contributed by atoms with Crippen LogP contribution >= 0.6 is 0 Å². The minimum absolute atomic E-state index is 0.0919. The Labute approximate surface area is 113 Å². The van der Waals surface area contributed by atoms with Gasteiger partial charge < -0.3 is 5.11 Å². The van der Waals surface area contributed by atoms with Crippen LogP contribution in [0.4, 0.5) is 0 Å². The third-order valence-corrected chi connectivity index (χ3v) is 3.27. The molecule has 2 nitrogen and oxygen atoms in total. The van der Waals surface area contributed by atoms with E-state index in [1.54, 1.807) is 6.08 Å². The van der Waals surface area contributed by atoms with Crippen LogP contribution in [0.2, 0.25) is 0 Å². The summed E-state index contributed by atoms with van der Waals surface area (Å²) in [6.07, 6.45) is 3.67. The highest BCUT2D eigenvalue weighted by Crippen LogP contribution is 2.19. The van der Waals surface area contributed by atoms with Gasteiger partial charge in [0, 0.05) is 0 Å². The molecule has 0 saturated carbocycles. The lowest BCUT2D eigenvalue weighted by molar-refractivity contribution is -0.141. The number of hydrogen-bond donors (Lipinski definition) is 1. The lowest BCUT2D eigenvalue weighted by atomic mass is 9.94. The van der Waals surface area contributed by atoms with Crippen molar-refractivity contribution in [3.63, 3.8) is 0 Å². The molecule has 0 amide bonds. The molecule has 0 aromatic heterocycles. The van der Waals surface area contributed by atoms with Gasteiger partial charge in [0.2, 0.25) is 0 Å². The standard InChI is InChI=1S/C17H18O2/c1-12(2)16(17(18)19)10-8-13-7-9-14-5-3-4-6-15(14)11-13/h3-12,16H,1-2H3,(H,18,19). The Kier molecular flexibility index (Phi) is 4.00. The first-order chi connectivity index (χ1) is 9.08. The van der Waals surface area contributed by atoms with Gasteiger partial charge in [-0.3, -0.25) is 4.79 Å². The van der Waals surface area contributed by atoms with E-state index in [2.05, 4.69) is 24.3 Å². The van der Waals surface area contributed by atoms with Crippen molar-refractivity contribution in [3.8, 4) is 0 Å². The predicted molar refractivity (Wildman–Crippen MR) is 78.9 cm³/mol. The molecule has 0 aliphatic carbocycles. The first-order valence-corrected chi connectivity index (χ1v) is 6.48. The summed E-state index contributed by atoms with van der Waals surface area (Å²) in [6.45, 7) is 3.84. The van der Waals surface area contributed by atoms with Crippen LogP contribution in [0.5, 0.6) is 0 Å². The first kappa shape index (κ1) is 13.3. The largest absolute Gasteiger partial charge is 0.481 e. The summed E-state index contributed by atoms with van der Waals surface area (Å²) in [5, 5.41) is 11.5. The summed E-state index contributed by atoms with van der Waals surface area (Å²) >= 11 is 0. The fourth-order valence-corrected chi connectivity index (χ4v) is 2.12. The molecular weight excluding hydrogens is 236 g/mol. The first-order valence-electron chi connectivity index (χ1n) is 6.48. The maximum Gasteiger partial charge on any atom is 0.310 e. The Morgan fingerprint density at radius 3 is 2.42 bits per heavy atom. The molecule has 98 valence electrons. The van der Waals surface area contributed by atoms with Gasteiger partial charge in [-0.1, -0.05) is 62.4 Å². The molecule has 0 fully saturated rings. The van der Waals surface area contributed by atoms with E-state index in [1.165, 1.54) is 10.8 Å². The predicted octanol–water partition coefficient (Wildman–Crippen LogP) is 4.21. The van der Waals surface area contributed by atoms with Gasteiger partial charge >= 0.3 is 5.97 Å². The zero-order valence-corrected chi connectivity index (χ0v) is 11.2. The van der Waals surface area contributed by atoms with E-state index in [-0.39, 0.29) is 5.92 Å². The number of carboxylic acids is 1. The van der Waals surface area contributed by atoms with Gasteiger partial charge in [0.05, 0.1) is 5.92 Å². The number of carbonyl (C=O) groups is 1. The topological polar surface area (TPSA) is 37.3 Å². The third-order valence-electron chi connectivity index (χ3n) is 3.27. The van der Waals surface area contributed by atoms with Crippen molar-refractivity contribution in [2.24, 2.45) is 11.8 Å². The van der Waals surface area contributed by atoms with Crippen LogP contribution in [0.3, 0.4) is 0 Å². The Morgan fingerprint density at radius 2 is 1.79 bits per heavy atom. The van der Waals surface area contributed by atoms with Gasteiger partial charge in [0.15, 0.2) is 0 Å². The van der Waals surface area contributed by atoms with E-state index in [0.717, 1.165) is 5.56 Å². The van der Waals surface area contributed by atoms with E-state index in [9.17, 15) is 4.79 Å². The van der Waals surface area contributed by atoms with Crippen LogP contribution in [-0.4, -0.2) is 11.1 Å². The van der Waals surface area contributed by atoms with Crippen molar-refractivity contribution in [3.05, 3.63) is 54.1 Å². The fourth-order valence-electron chi connectivity index (χ4n) is 2.12. The highest BCUT2D eigenvalue weighted by atomic mass is 16.4. The second-order valence-electron chi connectivity index (χ2n) is 5.07. The Bertz CT molecular complexity index is 611. The fraction of sp³-hybridized carbons (Fsp3) is 0.235. The van der Waals surface area contributed by atoms with Crippen molar-refractivity contribution in [2.45, 2.75) is 13.8 Å². The van der Waals surface area contributed by atoms with Crippen LogP contribution in [0, 0.1) is 11.8 Å². The molecule has 0 spiro atoms. The summed E-state index contributed by atoms with van der Waals surface area (Å²) in [4.78, 5) is 11.1. The molecule has 1 unspecified atom stereocenters. The molecule has 2 aromatic rings. The molecule has 2 rings (SSSR count). The maximum absolute atomic E-state index is 11.1. The molecule has 0 radical (unpaired) electrons. The highest BCUT2D eigenvalue weighted by Gasteiger charge is 2.17. The lowest BCUT2D eigenvalue weighted by Crippen LogP contribution is -2.16. The average Bonchev–Trinajstić information content (AvgIpc) is 2.38. The number of rotatable bonds is 4. The molecule has 0 aliphatic heterocycles. The monoisotopic (exact) mass is 254 g/mol. The van der Waals surface area contributed by atoms with Crippen molar-refractivity contribution in [1.82, 2.24) is 0 Å². The summed E-state index contributed by atoms with van der Waals surface area (Å²) in [5.74, 6) is -1.12. The highest BCUT2D eigenvalue weighted by molar-refractivity contribution is 5.85. The van der Waals surface area contributed by atoms with Gasteiger partial charge in [-0.15, -0.1) is 0 Å². The molecular formula is C17H18O2. The van der Waals surface area contributed by atoms with E-state index in [1.807, 2.05) is 38.1 Å². The average molecular weight is 254 g/mol. The van der Waals surface area contributed by atoms with E-state index in [4.69, 9.17) is 5.11 Å². The molecule has 19 heavy (non-hydrogen) atoms. The summed E-state index contributed by atoms with van der Waals surface area (Å²) < 4.78 is 0. The maximum atomic E-state index is 11.1. The second-order valence-corrected chi connectivity index (χ2v) is 5.07. The normalized spacial score (nSPS) is 13.2. The summed E-state index contributed by atoms with van der Waals surface area (Å²) in [6, 6.07) is 14.3. The van der Waals surface area contributed by atoms with Crippen LogP contribution in [0.15, 0.2) is 48.5 Å². The Morgan fingerprint density at radius 1 is 1.11 bits per heavy atom. The molecule has 0 bridgehead atoms. The molecule has 2 aromatic carbocycles. The molecule has 1 atom stereocenters. The van der Waals surface area contributed by atoms with Crippen molar-refractivity contribution in [1.29, 1.82) is 0 Å². The third kappa shape index (κ3) is 3.22. The lowest BCUT2D eigenvalue weighted by Gasteiger charge is -2.11. The number of aliphatic carboxylic acids is 1. The van der Waals surface area contributed by atoms with Gasteiger partial charge in [-0.05, 0) is 28.3 Å². The Balaban J connectivity index is 2.27. The summed E-state index contributed by atoms with van der Waals surface area (Å²) in [5.41, 5.74) is 1.03. The van der Waals surface area contributed by atoms with Gasteiger partial charge in [-0.25, -0.2) is 0 Å². The van der Waals surface area contributed by atoms with Gasteiger partial charge in [0.25, 0.3) is 0 Å². The van der Waals surface area contributed by atoms with Crippen molar-refractivity contribution in [2.75, 3.05) is 0 Å². The van der Waals surface area contributed by atoms with E-state index < -0.39 is 11.9 Å². The number of benzene rings is 2. The van der Waals surface area contributed by atoms with Crippen LogP contribution in [0.1, 0.15) is 19.4 Å². The quantitative estimate of drug-likeness (QED) is 0.887. The van der Waals surface area contributed by atoms with Crippen LogP contribution in [0.25, 0.3) is 16.8 Å². The van der Waals surface area contributed by atoms with Crippen molar-refractivity contribution < 1.29 is 9.90 Å². The number of fused-ring (bicyclic) bond motifs is 1. The van der Waals surface area contributed by atoms with Crippen LogP contribution in [-0.2, 0) is 4.79 Å². The van der Waals surface area contributed by atoms with Gasteiger partial charge in [0.1, 0.15) is 0 Å². The molecule has 0 saturated heterocycles. The SMILES string of the molecule is CC(C)C(C=Cc1ccc2ccccc2c1)C(=O)O. The zero-order chi connectivity index (χ0) is 13.8. The molecule has 0 heterocycles. The van der Waals surface area contributed by atoms with E-state index >= 15 is 0 Å². The van der Waals surface area contributed by atoms with Crippen LogP contribution < -0.4 is 0 Å².